The smallest absolute Gasteiger partial charge is 0.216 e. The van der Waals surface area contributed by atoms with Crippen molar-refractivity contribution >= 4 is 21.9 Å². The summed E-state index contributed by atoms with van der Waals surface area (Å²) in [5.74, 6) is -0.256. The number of rotatable bonds is 4. The summed E-state index contributed by atoms with van der Waals surface area (Å²) >= 11 is 0. The maximum atomic E-state index is 9.98. The fourth-order valence-electron chi connectivity index (χ4n) is 4.28. The van der Waals surface area contributed by atoms with Crippen LogP contribution < -0.4 is 4.57 Å². The Labute approximate surface area is 204 Å². The second kappa shape index (κ2) is 8.22. The molecule has 0 aliphatic heterocycles. The van der Waals surface area contributed by atoms with Crippen molar-refractivity contribution in [3.05, 3.63) is 89.5 Å². The minimum absolute atomic E-state index is 0.00417. The quantitative estimate of drug-likeness (QED) is 0.280. The SMILES string of the molecule is [2H]c1c([2H])c([2H])c(-c2ccc(C#N)c3c2oc2c(-c4cc(C([2H])([2H])C(C)C)cc[n+]4C)c(C)ccc23)c([2H])c1[2H]. The molecule has 0 aliphatic rings. The molecule has 2 heterocycles. The average molecular weight is 439 g/mol. The van der Waals surface area contributed by atoms with Gasteiger partial charge in [-0.25, -0.2) is 4.57 Å². The molecule has 33 heavy (non-hydrogen) atoms. The molecule has 0 fully saturated rings. The highest BCUT2D eigenvalue weighted by Crippen LogP contribution is 2.42. The molecule has 3 nitrogen and oxygen atoms in total. The van der Waals surface area contributed by atoms with Crippen LogP contribution in [0.3, 0.4) is 0 Å². The lowest BCUT2D eigenvalue weighted by Gasteiger charge is -2.09. The number of benzene rings is 3. The number of hydrogen-bond acceptors (Lipinski definition) is 2. The first-order chi connectivity index (χ1) is 18.8. The van der Waals surface area contributed by atoms with Crippen LogP contribution in [0.5, 0.6) is 0 Å². The van der Waals surface area contributed by atoms with Crippen LogP contribution in [0, 0.1) is 24.2 Å². The molecule has 3 aromatic carbocycles. The number of hydrogen-bond donors (Lipinski definition) is 0. The monoisotopic (exact) mass is 438 g/mol. The normalized spacial score (nSPS) is 14.8. The molecule has 0 spiro atoms. The van der Waals surface area contributed by atoms with Crippen molar-refractivity contribution in [1.29, 1.82) is 5.26 Å². The van der Waals surface area contributed by atoms with Gasteiger partial charge in [0.25, 0.3) is 0 Å². The van der Waals surface area contributed by atoms with Crippen molar-refractivity contribution in [1.82, 2.24) is 0 Å². The first-order valence-corrected chi connectivity index (χ1v) is 10.8. The summed E-state index contributed by atoms with van der Waals surface area (Å²) in [6.45, 7) is 5.59. The van der Waals surface area contributed by atoms with Crippen LogP contribution in [-0.2, 0) is 13.4 Å². The highest BCUT2D eigenvalue weighted by atomic mass is 16.3. The molecule has 5 aromatic rings. The summed E-state index contributed by atoms with van der Waals surface area (Å²) in [6, 6.07) is 10.6. The maximum absolute atomic E-state index is 9.98. The van der Waals surface area contributed by atoms with Gasteiger partial charge in [0.1, 0.15) is 18.2 Å². The molecule has 0 saturated heterocycles. The third-order valence-corrected chi connectivity index (χ3v) is 5.75. The summed E-state index contributed by atoms with van der Waals surface area (Å²) in [6.07, 6.45) is 0.242. The molecule has 0 atom stereocenters. The standard InChI is InChI=1S/C30H27N2O/c1-19(2)16-21-14-15-32(4)26(17-21)27-20(3)10-12-25-28-23(18-31)11-13-24(29(28)33-30(25)27)22-8-6-5-7-9-22/h5-15,17,19H,16H2,1-4H3/q+1/i5D,6D,7D,8D,9D,16D2. The Bertz CT molecular complexity index is 1870. The van der Waals surface area contributed by atoms with Crippen LogP contribution in [0.4, 0.5) is 0 Å². The molecule has 0 radical (unpaired) electrons. The molecular formula is C30H27N2O+. The average Bonchev–Trinajstić information content (AvgIpc) is 3.31. The van der Waals surface area contributed by atoms with Crippen LogP contribution in [0.25, 0.3) is 44.3 Å². The van der Waals surface area contributed by atoms with Crippen LogP contribution in [0.2, 0.25) is 0 Å². The number of fused-ring (bicyclic) bond motifs is 3. The van der Waals surface area contributed by atoms with E-state index >= 15 is 0 Å². The fourth-order valence-corrected chi connectivity index (χ4v) is 4.28. The van der Waals surface area contributed by atoms with Gasteiger partial charge in [-0.3, -0.25) is 0 Å². The Kier molecular flexibility index (Phi) is 3.56. The van der Waals surface area contributed by atoms with Gasteiger partial charge in [0.05, 0.1) is 24.0 Å². The number of nitrogens with zero attached hydrogens (tertiary/aromatic N) is 2. The number of furan rings is 1. The van der Waals surface area contributed by atoms with Crippen LogP contribution in [0.15, 0.2) is 77.2 Å². The van der Waals surface area contributed by atoms with E-state index in [0.717, 1.165) is 5.56 Å². The van der Waals surface area contributed by atoms with Crippen LogP contribution in [0.1, 0.15) is 40.1 Å². The van der Waals surface area contributed by atoms with Gasteiger partial charge >= 0.3 is 0 Å². The molecule has 2 aromatic heterocycles. The maximum Gasteiger partial charge on any atom is 0.216 e. The van der Waals surface area contributed by atoms with E-state index < -0.39 is 24.5 Å². The first-order valence-electron chi connectivity index (χ1n) is 14.3. The van der Waals surface area contributed by atoms with Gasteiger partial charge in [-0.2, -0.15) is 5.26 Å². The summed E-state index contributed by atoms with van der Waals surface area (Å²) in [5.41, 5.74) is 4.15. The molecule has 162 valence electrons. The topological polar surface area (TPSA) is 40.8 Å². The number of aryl methyl sites for hydroxylation is 2. The lowest BCUT2D eigenvalue weighted by atomic mass is 9.95. The highest BCUT2D eigenvalue weighted by Gasteiger charge is 2.23. The van der Waals surface area contributed by atoms with E-state index in [9.17, 15) is 5.26 Å². The van der Waals surface area contributed by atoms with E-state index in [4.69, 9.17) is 14.0 Å². The molecule has 3 heteroatoms. The van der Waals surface area contributed by atoms with Gasteiger partial charge in [-0.05, 0) is 48.0 Å². The van der Waals surface area contributed by atoms with Crippen molar-refractivity contribution < 1.29 is 18.6 Å². The van der Waals surface area contributed by atoms with Gasteiger partial charge < -0.3 is 4.42 Å². The van der Waals surface area contributed by atoms with Crippen molar-refractivity contribution in [2.45, 2.75) is 27.1 Å². The number of nitriles is 1. The molecule has 0 saturated carbocycles. The lowest BCUT2D eigenvalue weighted by molar-refractivity contribution is -0.660. The second-order valence-electron chi connectivity index (χ2n) is 8.42. The summed E-state index contributed by atoms with van der Waals surface area (Å²) in [4.78, 5) is 0. The number of aromatic nitrogens is 1. The third-order valence-electron chi connectivity index (χ3n) is 5.75. The van der Waals surface area contributed by atoms with E-state index in [2.05, 4.69) is 6.07 Å². The van der Waals surface area contributed by atoms with Gasteiger partial charge in [0.2, 0.25) is 5.69 Å². The van der Waals surface area contributed by atoms with Gasteiger partial charge in [-0.15, -0.1) is 0 Å². The van der Waals surface area contributed by atoms with Crippen molar-refractivity contribution in [2.75, 3.05) is 0 Å². The van der Waals surface area contributed by atoms with E-state index in [1.165, 1.54) is 0 Å². The molecule has 0 unspecified atom stereocenters. The molecule has 0 amide bonds. The van der Waals surface area contributed by atoms with Crippen LogP contribution in [-0.4, -0.2) is 0 Å². The Morgan fingerprint density at radius 2 is 1.88 bits per heavy atom. The molecule has 0 aliphatic carbocycles. The number of pyridine rings is 1. The predicted molar refractivity (Wildman–Crippen MR) is 134 cm³/mol. The van der Waals surface area contributed by atoms with E-state index in [-0.39, 0.29) is 29.1 Å². The lowest BCUT2D eigenvalue weighted by Crippen LogP contribution is -2.31. The molecule has 5 rings (SSSR count). The largest absolute Gasteiger partial charge is 0.454 e. The summed E-state index contributed by atoms with van der Waals surface area (Å²) in [5, 5.41) is 11.1. The minimum Gasteiger partial charge on any atom is -0.454 e. The van der Waals surface area contributed by atoms with Crippen molar-refractivity contribution in [3.8, 4) is 28.5 Å². The summed E-state index contributed by atoms with van der Waals surface area (Å²) in [7, 11) is 1.86. The highest BCUT2D eigenvalue weighted by molar-refractivity contribution is 6.15. The predicted octanol–water partition coefficient (Wildman–Crippen LogP) is 7.12. The minimum atomic E-state index is -1.57. The Balaban J connectivity index is 1.92. The molecular weight excluding hydrogens is 404 g/mol. The zero-order valence-corrected chi connectivity index (χ0v) is 18.9. The summed E-state index contributed by atoms with van der Waals surface area (Å²) < 4.78 is 67.0. The van der Waals surface area contributed by atoms with Gasteiger partial charge in [-0.1, -0.05) is 56.2 Å². The van der Waals surface area contributed by atoms with Gasteiger partial charge in [0.15, 0.2) is 6.20 Å². The fraction of sp³-hybridized carbons (Fsp3) is 0.200. The van der Waals surface area contributed by atoms with E-state index in [1.54, 1.807) is 18.2 Å². The zero-order valence-electron chi connectivity index (χ0n) is 25.9. The third kappa shape index (κ3) is 3.58. The molecule has 0 bridgehead atoms. The van der Waals surface area contributed by atoms with E-state index in [0.29, 0.717) is 44.3 Å². The van der Waals surface area contributed by atoms with Crippen LogP contribution >= 0.6 is 0 Å². The van der Waals surface area contributed by atoms with Crippen molar-refractivity contribution in [2.24, 2.45) is 13.0 Å². The Morgan fingerprint density at radius 3 is 2.61 bits per heavy atom. The first kappa shape index (κ1) is 14.3. The zero-order chi connectivity index (χ0) is 29.3. The molecule has 0 N–H and O–H groups in total. The Hall–Kier alpha value is -3.90. The second-order valence-corrected chi connectivity index (χ2v) is 8.42. The van der Waals surface area contributed by atoms with E-state index in [1.807, 2.05) is 56.8 Å². The van der Waals surface area contributed by atoms with Crippen molar-refractivity contribution in [3.63, 3.8) is 0 Å². The van der Waals surface area contributed by atoms with Gasteiger partial charge in [0, 0.05) is 31.2 Å². The Morgan fingerprint density at radius 1 is 1.09 bits per heavy atom.